The molecular formula is C19H28N4O. The highest BCUT2D eigenvalue weighted by atomic mass is 16.2. The van der Waals surface area contributed by atoms with Crippen LogP contribution in [-0.4, -0.2) is 61.5 Å². The molecule has 2 rings (SSSR count). The summed E-state index contributed by atoms with van der Waals surface area (Å²) < 4.78 is 0. The van der Waals surface area contributed by atoms with E-state index in [1.807, 2.05) is 30.3 Å². The van der Waals surface area contributed by atoms with Gasteiger partial charge in [-0.25, -0.2) is 0 Å². The lowest BCUT2D eigenvalue weighted by molar-refractivity contribution is -0.120. The lowest BCUT2D eigenvalue weighted by Crippen LogP contribution is -2.50. The zero-order valence-corrected chi connectivity index (χ0v) is 14.8. The standard InChI is InChI=1S/C19H28N4O/c1-17(2)15-21-11-13-22(14-12-21)16-19(24)23(10-6-9-20)18-7-4-3-5-8-18/h3-5,7-8,17H,6,10-16H2,1-2H3. The first-order valence-corrected chi connectivity index (χ1v) is 8.77. The van der Waals surface area contributed by atoms with E-state index in [0.29, 0.717) is 25.4 Å². The van der Waals surface area contributed by atoms with Crippen LogP contribution < -0.4 is 4.90 Å². The highest BCUT2D eigenvalue weighted by Gasteiger charge is 2.22. The summed E-state index contributed by atoms with van der Waals surface area (Å²) in [4.78, 5) is 19.2. The number of nitrogens with zero attached hydrogens (tertiary/aromatic N) is 4. The highest BCUT2D eigenvalue weighted by molar-refractivity contribution is 5.94. The Hall–Kier alpha value is -1.90. The van der Waals surface area contributed by atoms with Crippen molar-refractivity contribution in [3.05, 3.63) is 30.3 Å². The average molecular weight is 328 g/mol. The first kappa shape index (κ1) is 18.4. The smallest absolute Gasteiger partial charge is 0.241 e. The molecule has 1 aromatic rings. The van der Waals surface area contributed by atoms with E-state index in [1.54, 1.807) is 4.90 Å². The molecular weight excluding hydrogens is 300 g/mol. The van der Waals surface area contributed by atoms with Crippen molar-refractivity contribution in [1.82, 2.24) is 9.80 Å². The van der Waals surface area contributed by atoms with Crippen LogP contribution in [0.3, 0.4) is 0 Å². The predicted octanol–water partition coefficient (Wildman–Crippen LogP) is 2.21. The van der Waals surface area contributed by atoms with Gasteiger partial charge < -0.3 is 9.80 Å². The van der Waals surface area contributed by atoms with Gasteiger partial charge in [-0.05, 0) is 18.1 Å². The molecule has 5 heteroatoms. The molecule has 24 heavy (non-hydrogen) atoms. The fraction of sp³-hybridized carbons (Fsp3) is 0.579. The van der Waals surface area contributed by atoms with Crippen LogP contribution in [0.2, 0.25) is 0 Å². The Morgan fingerprint density at radius 2 is 1.79 bits per heavy atom. The molecule has 0 N–H and O–H groups in total. The van der Waals surface area contributed by atoms with Crippen molar-refractivity contribution in [2.75, 3.05) is 50.7 Å². The van der Waals surface area contributed by atoms with Crippen LogP contribution in [0, 0.1) is 17.2 Å². The van der Waals surface area contributed by atoms with Crippen LogP contribution in [0.25, 0.3) is 0 Å². The Labute approximate surface area is 145 Å². The zero-order valence-electron chi connectivity index (χ0n) is 14.8. The molecule has 0 radical (unpaired) electrons. The Balaban J connectivity index is 1.90. The maximum Gasteiger partial charge on any atom is 0.241 e. The summed E-state index contributed by atoms with van der Waals surface area (Å²) >= 11 is 0. The third-order valence-corrected chi connectivity index (χ3v) is 4.26. The molecule has 1 heterocycles. The van der Waals surface area contributed by atoms with Gasteiger partial charge in [-0.15, -0.1) is 0 Å². The second kappa shape index (κ2) is 9.41. The number of hydrogen-bond donors (Lipinski definition) is 0. The monoisotopic (exact) mass is 328 g/mol. The van der Waals surface area contributed by atoms with Crippen molar-refractivity contribution < 1.29 is 4.79 Å². The Kier molecular flexibility index (Phi) is 7.23. The molecule has 1 saturated heterocycles. The van der Waals surface area contributed by atoms with Gasteiger partial charge in [-0.2, -0.15) is 5.26 Å². The van der Waals surface area contributed by atoms with E-state index in [0.717, 1.165) is 38.4 Å². The van der Waals surface area contributed by atoms with Crippen LogP contribution in [0.1, 0.15) is 20.3 Å². The molecule has 1 fully saturated rings. The highest BCUT2D eigenvalue weighted by Crippen LogP contribution is 2.15. The van der Waals surface area contributed by atoms with Gasteiger partial charge in [-0.3, -0.25) is 9.69 Å². The molecule has 0 bridgehead atoms. The molecule has 1 amide bonds. The summed E-state index contributed by atoms with van der Waals surface area (Å²) in [7, 11) is 0. The number of para-hydroxylation sites is 1. The Bertz CT molecular complexity index is 544. The molecule has 130 valence electrons. The van der Waals surface area contributed by atoms with Crippen molar-refractivity contribution in [2.24, 2.45) is 5.92 Å². The molecule has 0 atom stereocenters. The van der Waals surface area contributed by atoms with Crippen molar-refractivity contribution in [1.29, 1.82) is 5.26 Å². The van der Waals surface area contributed by atoms with Crippen molar-refractivity contribution in [2.45, 2.75) is 20.3 Å². The number of nitriles is 1. The minimum Gasteiger partial charge on any atom is -0.310 e. The number of anilines is 1. The molecule has 0 unspecified atom stereocenters. The van der Waals surface area contributed by atoms with E-state index in [1.165, 1.54) is 0 Å². The average Bonchev–Trinajstić information content (AvgIpc) is 2.57. The van der Waals surface area contributed by atoms with Crippen LogP contribution in [0.4, 0.5) is 5.69 Å². The molecule has 0 aliphatic carbocycles. The molecule has 0 aromatic heterocycles. The first-order chi connectivity index (χ1) is 11.6. The number of amides is 1. The second-order valence-electron chi connectivity index (χ2n) is 6.76. The van der Waals surface area contributed by atoms with E-state index in [4.69, 9.17) is 5.26 Å². The fourth-order valence-corrected chi connectivity index (χ4v) is 3.09. The SMILES string of the molecule is CC(C)CN1CCN(CC(=O)N(CCC#N)c2ccccc2)CC1. The Morgan fingerprint density at radius 1 is 1.17 bits per heavy atom. The lowest BCUT2D eigenvalue weighted by atomic mass is 10.2. The minimum atomic E-state index is 0.0776. The van der Waals surface area contributed by atoms with E-state index in [2.05, 4.69) is 29.7 Å². The summed E-state index contributed by atoms with van der Waals surface area (Å²) in [6, 6.07) is 11.8. The number of benzene rings is 1. The number of carbonyl (C=O) groups excluding carboxylic acids is 1. The summed E-state index contributed by atoms with van der Waals surface area (Å²) in [5.41, 5.74) is 0.871. The van der Waals surface area contributed by atoms with E-state index >= 15 is 0 Å². The number of piperazine rings is 1. The van der Waals surface area contributed by atoms with Gasteiger partial charge in [0.2, 0.25) is 5.91 Å². The zero-order chi connectivity index (χ0) is 17.4. The molecule has 1 aromatic carbocycles. The van der Waals surface area contributed by atoms with Crippen molar-refractivity contribution in [3.63, 3.8) is 0 Å². The quantitative estimate of drug-likeness (QED) is 0.770. The number of rotatable bonds is 7. The molecule has 5 nitrogen and oxygen atoms in total. The van der Waals surface area contributed by atoms with Crippen molar-refractivity contribution in [3.8, 4) is 6.07 Å². The first-order valence-electron chi connectivity index (χ1n) is 8.77. The largest absolute Gasteiger partial charge is 0.310 e. The van der Waals surface area contributed by atoms with Gasteiger partial charge in [0, 0.05) is 45.0 Å². The van der Waals surface area contributed by atoms with Gasteiger partial charge in [0.25, 0.3) is 0 Å². The summed E-state index contributed by atoms with van der Waals surface area (Å²) in [6.07, 6.45) is 0.350. The molecule has 1 aliphatic heterocycles. The summed E-state index contributed by atoms with van der Waals surface area (Å²) in [5.74, 6) is 0.756. The van der Waals surface area contributed by atoms with E-state index in [9.17, 15) is 4.79 Å². The number of carbonyl (C=O) groups is 1. The third kappa shape index (κ3) is 5.63. The van der Waals surface area contributed by atoms with Gasteiger partial charge in [-0.1, -0.05) is 32.0 Å². The van der Waals surface area contributed by atoms with E-state index in [-0.39, 0.29) is 5.91 Å². The van der Waals surface area contributed by atoms with Crippen molar-refractivity contribution >= 4 is 11.6 Å². The fourth-order valence-electron chi connectivity index (χ4n) is 3.09. The number of hydrogen-bond acceptors (Lipinski definition) is 4. The van der Waals surface area contributed by atoms with Crippen LogP contribution in [0.15, 0.2) is 30.3 Å². The van der Waals surface area contributed by atoms with Gasteiger partial charge in [0.15, 0.2) is 0 Å². The minimum absolute atomic E-state index is 0.0776. The normalized spacial score (nSPS) is 16.1. The van der Waals surface area contributed by atoms with Gasteiger partial charge in [0.05, 0.1) is 19.0 Å². The van der Waals surface area contributed by atoms with Gasteiger partial charge >= 0.3 is 0 Å². The Morgan fingerprint density at radius 3 is 2.38 bits per heavy atom. The molecule has 0 spiro atoms. The summed E-state index contributed by atoms with van der Waals surface area (Å²) in [6.45, 7) is 10.4. The molecule has 1 aliphatic rings. The lowest BCUT2D eigenvalue weighted by Gasteiger charge is -2.36. The molecule has 0 saturated carbocycles. The maximum atomic E-state index is 12.7. The predicted molar refractivity (Wildman–Crippen MR) is 96.7 cm³/mol. The van der Waals surface area contributed by atoms with Crippen LogP contribution >= 0.6 is 0 Å². The topological polar surface area (TPSA) is 50.6 Å². The van der Waals surface area contributed by atoms with Crippen LogP contribution in [0.5, 0.6) is 0 Å². The second-order valence-corrected chi connectivity index (χ2v) is 6.76. The van der Waals surface area contributed by atoms with Gasteiger partial charge in [0.1, 0.15) is 0 Å². The summed E-state index contributed by atoms with van der Waals surface area (Å²) in [5, 5.41) is 8.86. The van der Waals surface area contributed by atoms with Crippen LogP contribution in [-0.2, 0) is 4.79 Å². The third-order valence-electron chi connectivity index (χ3n) is 4.26. The van der Waals surface area contributed by atoms with E-state index < -0.39 is 0 Å². The maximum absolute atomic E-state index is 12.7.